The largest absolute Gasteiger partial charge is 0.501 e. The van der Waals surface area contributed by atoms with E-state index in [0.717, 1.165) is 55.7 Å². The van der Waals surface area contributed by atoms with Crippen LogP contribution >= 0.6 is 0 Å². The molecule has 1 radical (unpaired) electrons. The molecule has 0 fully saturated rings. The van der Waals surface area contributed by atoms with Crippen LogP contribution in [0.5, 0.6) is 0 Å². The third-order valence-corrected chi connectivity index (χ3v) is 12.0. The summed E-state index contributed by atoms with van der Waals surface area (Å²) in [7, 11) is 0. The van der Waals surface area contributed by atoms with Crippen molar-refractivity contribution in [2.75, 3.05) is 0 Å². The fourth-order valence-corrected chi connectivity index (χ4v) is 8.90. The number of rotatable bonds is 9. The van der Waals surface area contributed by atoms with Crippen LogP contribution in [0, 0.1) is 12.1 Å². The number of nitrogens with zero attached hydrogens (tertiary/aromatic N) is 4. The molecule has 10 aromatic rings. The number of hydrogen-bond acceptors (Lipinski definition) is 3. The zero-order valence-electron chi connectivity index (χ0n) is 37.9. The summed E-state index contributed by atoms with van der Waals surface area (Å²) in [5.74, 6) is 3.31. The van der Waals surface area contributed by atoms with Crippen LogP contribution in [0.1, 0.15) is 101 Å². The fourth-order valence-electron chi connectivity index (χ4n) is 8.90. The molecular weight excluding hydrogens is 961 g/mol. The van der Waals surface area contributed by atoms with E-state index in [1.165, 1.54) is 44.8 Å². The summed E-state index contributed by atoms with van der Waals surface area (Å²) in [6.45, 7) is 18.1. The van der Waals surface area contributed by atoms with E-state index in [4.69, 9.17) is 9.40 Å². The smallest absolute Gasteiger partial charge is 0.120 e. The van der Waals surface area contributed by atoms with Crippen molar-refractivity contribution in [1.29, 1.82) is 0 Å². The van der Waals surface area contributed by atoms with Gasteiger partial charge in [-0.1, -0.05) is 145 Å². The van der Waals surface area contributed by atoms with Crippen molar-refractivity contribution in [3.8, 4) is 45.3 Å². The summed E-state index contributed by atoms with van der Waals surface area (Å²) in [5.41, 5.74) is 16.0. The van der Waals surface area contributed by atoms with E-state index < -0.39 is 0 Å². The zero-order chi connectivity index (χ0) is 43.8. The van der Waals surface area contributed by atoms with Crippen LogP contribution in [0.2, 0.25) is 0 Å². The molecule has 10 rings (SSSR count). The van der Waals surface area contributed by atoms with Gasteiger partial charge in [0.25, 0.3) is 0 Å². The SMILES string of the molecule is CC(C)c1cc(-c2ccccc2)cc(C(C)C)c1-n1ccnc1-c1[c-]cccc1.CC(C)c1cccc(C(C)C)c1-n1c(-c2[c-]ccc3c2oc2ccccc23)nc2ccccc21.[Ir]. The van der Waals surface area contributed by atoms with E-state index in [9.17, 15) is 0 Å². The van der Waals surface area contributed by atoms with E-state index >= 15 is 0 Å². The van der Waals surface area contributed by atoms with E-state index in [1.807, 2.05) is 48.7 Å². The van der Waals surface area contributed by atoms with Gasteiger partial charge in [-0.3, -0.25) is 9.97 Å². The second-order valence-corrected chi connectivity index (χ2v) is 17.6. The Labute approximate surface area is 391 Å². The van der Waals surface area contributed by atoms with Gasteiger partial charge in [0, 0.05) is 49.3 Å². The summed E-state index contributed by atoms with van der Waals surface area (Å²) >= 11 is 0. The quantitative estimate of drug-likeness (QED) is 0.135. The van der Waals surface area contributed by atoms with Crippen LogP contribution in [0.4, 0.5) is 0 Å². The van der Waals surface area contributed by atoms with E-state index in [-0.39, 0.29) is 20.1 Å². The van der Waals surface area contributed by atoms with Gasteiger partial charge in [-0.2, -0.15) is 0 Å². The van der Waals surface area contributed by atoms with Crippen LogP contribution in [-0.2, 0) is 20.1 Å². The maximum atomic E-state index is 6.40. The molecule has 0 aliphatic carbocycles. The van der Waals surface area contributed by atoms with Gasteiger partial charge in [-0.15, -0.1) is 54.1 Å². The molecule has 0 amide bonds. The standard InChI is InChI=1S/C31H27N2O.C27H27N2.Ir/c1-19(2)21-12-9-13-22(20(3)4)29(21)33-27-17-7-6-16-26(27)32-31(33)25-15-10-14-24-23-11-5-8-18-28(23)34-30(24)25;1-19(2)24-17-23(21-11-7-5-8-12-21)18-25(20(3)4)26(24)29-16-15-28-27(29)22-13-9-6-10-14-22;/h5-14,16-20H,1-4H3;5-13,15-20H,1-4H3;/q2*-1;. The molecule has 0 bridgehead atoms. The molecule has 0 saturated carbocycles. The number of benzene rings is 7. The van der Waals surface area contributed by atoms with Crippen molar-refractivity contribution >= 4 is 33.0 Å². The maximum absolute atomic E-state index is 6.40. The Hall–Kier alpha value is -6.33. The number of furan rings is 1. The number of para-hydroxylation sites is 4. The average molecular weight is 1020 g/mol. The molecule has 0 atom stereocenters. The van der Waals surface area contributed by atoms with E-state index in [0.29, 0.717) is 23.7 Å². The summed E-state index contributed by atoms with van der Waals surface area (Å²) in [6, 6.07) is 57.5. The van der Waals surface area contributed by atoms with Crippen LogP contribution in [0.25, 0.3) is 78.2 Å². The number of imidazole rings is 2. The summed E-state index contributed by atoms with van der Waals surface area (Å²) < 4.78 is 11.0. The van der Waals surface area contributed by atoms with Crippen molar-refractivity contribution in [3.05, 3.63) is 192 Å². The van der Waals surface area contributed by atoms with Gasteiger partial charge in [0.15, 0.2) is 0 Å². The van der Waals surface area contributed by atoms with Crippen molar-refractivity contribution < 1.29 is 24.5 Å². The van der Waals surface area contributed by atoms with Gasteiger partial charge in [0.05, 0.1) is 28.3 Å². The number of hydrogen-bond donors (Lipinski definition) is 0. The van der Waals surface area contributed by atoms with Gasteiger partial charge >= 0.3 is 0 Å². The second kappa shape index (κ2) is 18.8. The molecule has 0 spiro atoms. The Morgan fingerprint density at radius 1 is 0.531 bits per heavy atom. The third-order valence-electron chi connectivity index (χ3n) is 12.0. The minimum atomic E-state index is 0. The molecule has 6 heteroatoms. The first kappa shape index (κ1) is 44.3. The van der Waals surface area contributed by atoms with Gasteiger partial charge in [-0.25, -0.2) is 0 Å². The topological polar surface area (TPSA) is 48.8 Å². The molecule has 323 valence electrons. The predicted molar refractivity (Wildman–Crippen MR) is 262 cm³/mol. The molecule has 0 N–H and O–H groups in total. The Bertz CT molecular complexity index is 3130. The normalized spacial score (nSPS) is 11.6. The minimum absolute atomic E-state index is 0. The molecule has 64 heavy (non-hydrogen) atoms. The molecule has 0 unspecified atom stereocenters. The summed E-state index contributed by atoms with van der Waals surface area (Å²) in [4.78, 5) is 9.83. The molecule has 0 aliphatic rings. The van der Waals surface area contributed by atoms with E-state index in [1.54, 1.807) is 0 Å². The van der Waals surface area contributed by atoms with Crippen molar-refractivity contribution in [2.45, 2.75) is 79.1 Å². The Kier molecular flexibility index (Phi) is 13.0. The summed E-state index contributed by atoms with van der Waals surface area (Å²) in [5, 5.41) is 2.20. The average Bonchev–Trinajstić information content (AvgIpc) is 4.05. The first-order chi connectivity index (χ1) is 30.6. The zero-order valence-corrected chi connectivity index (χ0v) is 40.2. The maximum Gasteiger partial charge on any atom is 0.120 e. The predicted octanol–water partition coefficient (Wildman–Crippen LogP) is 15.9. The first-order valence-corrected chi connectivity index (χ1v) is 22.3. The Morgan fingerprint density at radius 2 is 1.17 bits per heavy atom. The van der Waals surface area contributed by atoms with Crippen molar-refractivity contribution in [1.82, 2.24) is 19.1 Å². The number of aromatic nitrogens is 4. The van der Waals surface area contributed by atoms with Gasteiger partial charge in [0.1, 0.15) is 5.58 Å². The van der Waals surface area contributed by atoms with E-state index in [2.05, 4.69) is 191 Å². The molecule has 3 aromatic heterocycles. The second-order valence-electron chi connectivity index (χ2n) is 17.6. The van der Waals surface area contributed by atoms with Gasteiger partial charge in [0.2, 0.25) is 0 Å². The van der Waals surface area contributed by atoms with Crippen molar-refractivity contribution in [3.63, 3.8) is 0 Å². The van der Waals surface area contributed by atoms with Crippen LogP contribution in [0.3, 0.4) is 0 Å². The molecule has 5 nitrogen and oxygen atoms in total. The Morgan fingerprint density at radius 3 is 1.84 bits per heavy atom. The van der Waals surface area contributed by atoms with Crippen molar-refractivity contribution in [2.24, 2.45) is 0 Å². The van der Waals surface area contributed by atoms with Crippen LogP contribution in [-0.4, -0.2) is 19.1 Å². The van der Waals surface area contributed by atoms with Gasteiger partial charge < -0.3 is 13.6 Å². The summed E-state index contributed by atoms with van der Waals surface area (Å²) in [6.07, 6.45) is 3.96. The third kappa shape index (κ3) is 8.29. The number of fused-ring (bicyclic) bond motifs is 4. The monoisotopic (exact) mass is 1020 g/mol. The minimum Gasteiger partial charge on any atom is -0.501 e. The van der Waals surface area contributed by atoms with Gasteiger partial charge in [-0.05, 0) is 87.4 Å². The van der Waals surface area contributed by atoms with Crippen LogP contribution in [0.15, 0.2) is 162 Å². The molecule has 3 heterocycles. The van der Waals surface area contributed by atoms with Crippen LogP contribution < -0.4 is 0 Å². The first-order valence-electron chi connectivity index (χ1n) is 22.3. The molecular formula is C58H54IrN4O-2. The molecule has 0 saturated heterocycles. The molecule has 7 aromatic carbocycles. The Balaban J connectivity index is 0.000000175. The fraction of sp³-hybridized carbons (Fsp3) is 0.207. The molecule has 0 aliphatic heterocycles.